The molecule has 2 aromatic carbocycles. The molecule has 174 valence electrons. The van der Waals surface area contributed by atoms with Gasteiger partial charge in [0.1, 0.15) is 5.69 Å². The Kier molecular flexibility index (Phi) is 5.21. The van der Waals surface area contributed by atoms with E-state index in [1.165, 1.54) is 10.7 Å². The molecule has 35 heavy (non-hydrogen) atoms. The maximum absolute atomic E-state index is 13.2. The first kappa shape index (κ1) is 22.1. The van der Waals surface area contributed by atoms with Crippen molar-refractivity contribution >= 4 is 16.9 Å². The molecule has 0 aliphatic rings. The SMILES string of the molecule is Cc1c(C#N)cccc1-c1cc(-c2cn(Cc3c[nH]c4ccc(C(F)(F)F)cc34)nn2)nc(N)n1. The number of nitrogen functional groups attached to an aromatic ring is 1. The molecule has 0 unspecified atom stereocenters. The lowest BCUT2D eigenvalue weighted by molar-refractivity contribution is -0.137. The Morgan fingerprint density at radius 2 is 1.89 bits per heavy atom. The molecule has 0 saturated heterocycles. The molecule has 0 radical (unpaired) electrons. The number of nitrogens with zero attached hydrogens (tertiary/aromatic N) is 6. The molecular formula is C24H17F3N8. The first-order valence-corrected chi connectivity index (χ1v) is 10.5. The van der Waals surface area contributed by atoms with Gasteiger partial charge in [0.15, 0.2) is 0 Å². The van der Waals surface area contributed by atoms with Crippen LogP contribution in [0.2, 0.25) is 0 Å². The third-order valence-electron chi connectivity index (χ3n) is 5.70. The predicted molar refractivity (Wildman–Crippen MR) is 123 cm³/mol. The summed E-state index contributed by atoms with van der Waals surface area (Å²) >= 11 is 0. The summed E-state index contributed by atoms with van der Waals surface area (Å²) in [5.41, 5.74) is 9.87. The minimum absolute atomic E-state index is 0.0325. The quantitative estimate of drug-likeness (QED) is 0.389. The van der Waals surface area contributed by atoms with Gasteiger partial charge in [0, 0.05) is 22.7 Å². The van der Waals surface area contributed by atoms with E-state index in [0.29, 0.717) is 39.1 Å². The van der Waals surface area contributed by atoms with Crippen molar-refractivity contribution in [3.8, 4) is 28.7 Å². The van der Waals surface area contributed by atoms with Crippen LogP contribution in [-0.2, 0) is 12.7 Å². The monoisotopic (exact) mass is 474 g/mol. The number of halogens is 3. The molecule has 3 heterocycles. The molecule has 3 N–H and O–H groups in total. The minimum atomic E-state index is -4.43. The van der Waals surface area contributed by atoms with Gasteiger partial charge in [-0.25, -0.2) is 14.6 Å². The summed E-state index contributed by atoms with van der Waals surface area (Å²) in [6, 6.07) is 12.7. The van der Waals surface area contributed by atoms with Gasteiger partial charge >= 0.3 is 6.18 Å². The maximum Gasteiger partial charge on any atom is 0.416 e. The Hall–Kier alpha value is -4.72. The topological polar surface area (TPSA) is 122 Å². The molecule has 0 saturated carbocycles. The second-order valence-electron chi connectivity index (χ2n) is 7.96. The molecule has 0 aliphatic carbocycles. The fourth-order valence-corrected chi connectivity index (χ4v) is 3.92. The number of nitriles is 1. The largest absolute Gasteiger partial charge is 0.416 e. The number of H-pyrrole nitrogens is 1. The van der Waals surface area contributed by atoms with E-state index in [2.05, 4.69) is 31.3 Å². The van der Waals surface area contributed by atoms with E-state index in [4.69, 9.17) is 5.73 Å². The standard InChI is InChI=1S/C24H17F3N8/c1-13-14(9-28)3-2-4-17(13)20-8-21(32-23(29)31-20)22-12-35(34-33-22)11-15-10-30-19-6-5-16(7-18(15)19)24(25,26)27/h2-8,10,12,30H,11H2,1H3,(H2,29,31,32). The van der Waals surface area contributed by atoms with Crippen molar-refractivity contribution < 1.29 is 13.2 Å². The van der Waals surface area contributed by atoms with Crippen LogP contribution in [0.15, 0.2) is 54.9 Å². The van der Waals surface area contributed by atoms with Crippen molar-refractivity contribution in [2.75, 3.05) is 5.73 Å². The number of aromatic nitrogens is 6. The summed E-state index contributed by atoms with van der Waals surface area (Å²) in [6.45, 7) is 2.03. The minimum Gasteiger partial charge on any atom is -0.368 e. The molecule has 0 fully saturated rings. The van der Waals surface area contributed by atoms with Crippen LogP contribution < -0.4 is 5.73 Å². The van der Waals surface area contributed by atoms with Crippen LogP contribution in [0.3, 0.4) is 0 Å². The number of rotatable bonds is 4. The number of hydrogen-bond acceptors (Lipinski definition) is 6. The second kappa shape index (κ2) is 8.25. The van der Waals surface area contributed by atoms with Crippen molar-refractivity contribution in [2.24, 2.45) is 0 Å². The first-order valence-electron chi connectivity index (χ1n) is 10.5. The molecule has 0 amide bonds. The molecule has 0 aliphatic heterocycles. The molecule has 5 rings (SSSR count). The third kappa shape index (κ3) is 4.17. The van der Waals surface area contributed by atoms with Crippen LogP contribution in [0.1, 0.15) is 22.3 Å². The zero-order chi connectivity index (χ0) is 24.7. The Labute approximate surface area is 196 Å². The molecule has 8 nitrogen and oxygen atoms in total. The fourth-order valence-electron chi connectivity index (χ4n) is 3.92. The average Bonchev–Trinajstić information content (AvgIpc) is 3.45. The summed E-state index contributed by atoms with van der Waals surface area (Å²) in [4.78, 5) is 11.5. The lowest BCUT2D eigenvalue weighted by Gasteiger charge is -2.08. The number of aromatic amines is 1. The highest BCUT2D eigenvalue weighted by Crippen LogP contribution is 2.32. The molecular weight excluding hydrogens is 457 g/mol. The van der Waals surface area contributed by atoms with Gasteiger partial charge in [-0.05, 0) is 48.4 Å². The number of benzene rings is 2. The van der Waals surface area contributed by atoms with Gasteiger partial charge in [0.25, 0.3) is 0 Å². The number of alkyl halides is 3. The molecule has 0 atom stereocenters. The van der Waals surface area contributed by atoms with Crippen LogP contribution in [0.5, 0.6) is 0 Å². The second-order valence-corrected chi connectivity index (χ2v) is 7.96. The Morgan fingerprint density at radius 3 is 2.66 bits per heavy atom. The van der Waals surface area contributed by atoms with Crippen LogP contribution in [0.25, 0.3) is 33.5 Å². The van der Waals surface area contributed by atoms with Gasteiger partial charge in [-0.2, -0.15) is 18.4 Å². The van der Waals surface area contributed by atoms with Gasteiger partial charge in [0.05, 0.1) is 41.3 Å². The molecule has 5 aromatic rings. The number of fused-ring (bicyclic) bond motifs is 1. The zero-order valence-electron chi connectivity index (χ0n) is 18.3. The summed E-state index contributed by atoms with van der Waals surface area (Å²) in [5.74, 6) is 0.0325. The Bertz CT molecular complexity index is 1610. The van der Waals surface area contributed by atoms with Crippen molar-refractivity contribution in [2.45, 2.75) is 19.6 Å². The van der Waals surface area contributed by atoms with Gasteiger partial charge in [-0.1, -0.05) is 17.3 Å². The highest BCUT2D eigenvalue weighted by atomic mass is 19.4. The van der Waals surface area contributed by atoms with E-state index in [1.54, 1.807) is 30.6 Å². The summed E-state index contributed by atoms with van der Waals surface area (Å²) in [5, 5.41) is 18.0. The van der Waals surface area contributed by atoms with Crippen molar-refractivity contribution in [3.05, 3.63) is 77.1 Å². The van der Waals surface area contributed by atoms with E-state index >= 15 is 0 Å². The van der Waals surface area contributed by atoms with Gasteiger partial charge in [-0.3, -0.25) is 0 Å². The van der Waals surface area contributed by atoms with Gasteiger partial charge in [0.2, 0.25) is 5.95 Å². The third-order valence-corrected chi connectivity index (χ3v) is 5.70. The van der Waals surface area contributed by atoms with E-state index in [0.717, 1.165) is 23.3 Å². The van der Waals surface area contributed by atoms with Gasteiger partial charge < -0.3 is 10.7 Å². The van der Waals surface area contributed by atoms with Crippen LogP contribution >= 0.6 is 0 Å². The smallest absolute Gasteiger partial charge is 0.368 e. The van der Waals surface area contributed by atoms with Crippen LogP contribution in [-0.4, -0.2) is 29.9 Å². The lowest BCUT2D eigenvalue weighted by atomic mass is 10.00. The summed E-state index contributed by atoms with van der Waals surface area (Å²) < 4.78 is 41.0. The highest BCUT2D eigenvalue weighted by Gasteiger charge is 2.30. The van der Waals surface area contributed by atoms with E-state index < -0.39 is 11.7 Å². The zero-order valence-corrected chi connectivity index (χ0v) is 18.3. The van der Waals surface area contributed by atoms with Crippen molar-refractivity contribution in [1.29, 1.82) is 5.26 Å². The Balaban J connectivity index is 1.48. The van der Waals surface area contributed by atoms with Crippen LogP contribution in [0, 0.1) is 18.3 Å². The van der Waals surface area contributed by atoms with E-state index in [1.807, 2.05) is 13.0 Å². The first-order chi connectivity index (χ1) is 16.7. The molecule has 0 bridgehead atoms. The van der Waals surface area contributed by atoms with Gasteiger partial charge in [-0.15, -0.1) is 5.10 Å². The summed E-state index contributed by atoms with van der Waals surface area (Å²) in [6.07, 6.45) is -1.15. The maximum atomic E-state index is 13.2. The average molecular weight is 474 g/mol. The Morgan fingerprint density at radius 1 is 1.09 bits per heavy atom. The normalized spacial score (nSPS) is 11.6. The summed E-state index contributed by atoms with van der Waals surface area (Å²) in [7, 11) is 0. The molecule has 3 aromatic heterocycles. The number of nitrogens with two attached hydrogens (primary N) is 1. The number of hydrogen-bond donors (Lipinski definition) is 2. The lowest BCUT2D eigenvalue weighted by Crippen LogP contribution is -2.04. The number of anilines is 1. The molecule has 0 spiro atoms. The van der Waals surface area contributed by atoms with Crippen molar-refractivity contribution in [1.82, 2.24) is 29.9 Å². The highest BCUT2D eigenvalue weighted by molar-refractivity contribution is 5.84. The predicted octanol–water partition coefficient (Wildman–Crippen LogP) is 4.71. The van der Waals surface area contributed by atoms with Crippen LogP contribution in [0.4, 0.5) is 19.1 Å². The number of nitrogens with one attached hydrogen (secondary N) is 1. The van der Waals surface area contributed by atoms with E-state index in [-0.39, 0.29) is 12.5 Å². The van der Waals surface area contributed by atoms with E-state index in [9.17, 15) is 18.4 Å². The van der Waals surface area contributed by atoms with Crippen molar-refractivity contribution in [3.63, 3.8) is 0 Å². The molecule has 11 heteroatoms. The fraction of sp³-hybridized carbons (Fsp3) is 0.125.